The van der Waals surface area contributed by atoms with E-state index in [-0.39, 0.29) is 18.8 Å². The van der Waals surface area contributed by atoms with Crippen molar-refractivity contribution < 1.29 is 32.6 Å². The number of hydrogen-bond acceptors (Lipinski definition) is 5. The minimum atomic E-state index is -4.00. The van der Waals surface area contributed by atoms with Crippen LogP contribution >= 0.6 is 0 Å². The van der Waals surface area contributed by atoms with Crippen molar-refractivity contribution in [3.05, 3.63) is 35.4 Å². The largest absolute Gasteiger partial charge is 0.464 e. The average molecular weight is 470 g/mol. The van der Waals surface area contributed by atoms with Crippen molar-refractivity contribution in [1.82, 2.24) is 5.32 Å². The molecule has 1 amide bonds. The summed E-state index contributed by atoms with van der Waals surface area (Å²) in [6, 6.07) is 6.64. The molecule has 8 heteroatoms. The molecule has 186 valence electrons. The van der Waals surface area contributed by atoms with E-state index in [1.165, 1.54) is 39.5 Å². The minimum Gasteiger partial charge on any atom is -0.464 e. The molecule has 0 saturated carbocycles. The fourth-order valence-corrected chi connectivity index (χ4v) is 3.64. The first-order chi connectivity index (χ1) is 15.6. The normalized spacial score (nSPS) is 11.7. The van der Waals surface area contributed by atoms with Gasteiger partial charge in [0, 0.05) is 13.3 Å². The van der Waals surface area contributed by atoms with Gasteiger partial charge < -0.3 is 14.8 Å². The van der Waals surface area contributed by atoms with Gasteiger partial charge in [-0.3, -0.25) is 4.79 Å². The summed E-state index contributed by atoms with van der Waals surface area (Å²) in [7, 11) is 0. The fourth-order valence-electron chi connectivity index (χ4n) is 3.64. The maximum Gasteiger partial charge on any atom is 0.350 e. The van der Waals surface area contributed by atoms with E-state index in [0.29, 0.717) is 0 Å². The van der Waals surface area contributed by atoms with Crippen LogP contribution in [-0.2, 0) is 36.7 Å². The highest BCUT2D eigenvalue weighted by Gasteiger charge is 2.67. The zero-order valence-electron chi connectivity index (χ0n) is 20.2. The lowest BCUT2D eigenvalue weighted by molar-refractivity contribution is -0.190. The Labute approximate surface area is 195 Å². The van der Waals surface area contributed by atoms with Crippen molar-refractivity contribution in [2.24, 2.45) is 0 Å². The van der Waals surface area contributed by atoms with Crippen LogP contribution in [0.5, 0.6) is 0 Å². The van der Waals surface area contributed by atoms with E-state index in [1.54, 1.807) is 24.3 Å². The molecule has 0 aliphatic heterocycles. The Kier molecular flexibility index (Phi) is 12.0. The molecule has 0 fully saturated rings. The molecule has 1 N–H and O–H groups in total. The molecule has 0 aromatic heterocycles. The number of rotatable bonds is 15. The number of halogens is 2. The molecule has 0 bridgehead atoms. The van der Waals surface area contributed by atoms with Crippen LogP contribution in [0, 0.1) is 0 Å². The molecule has 0 aliphatic carbocycles. The number of hydrogen-bond donors (Lipinski definition) is 1. The van der Waals surface area contributed by atoms with Gasteiger partial charge in [0.2, 0.25) is 5.91 Å². The van der Waals surface area contributed by atoms with Crippen LogP contribution in [0.4, 0.5) is 8.78 Å². The van der Waals surface area contributed by atoms with Crippen molar-refractivity contribution in [3.63, 3.8) is 0 Å². The summed E-state index contributed by atoms with van der Waals surface area (Å²) in [4.78, 5) is 36.9. The Balaban J connectivity index is 3.05. The van der Waals surface area contributed by atoms with Crippen molar-refractivity contribution in [2.45, 2.75) is 90.5 Å². The van der Waals surface area contributed by atoms with Crippen LogP contribution in [0.2, 0.25) is 0 Å². The molecule has 0 spiro atoms. The van der Waals surface area contributed by atoms with Gasteiger partial charge in [-0.2, -0.15) is 0 Å². The van der Waals surface area contributed by atoms with Gasteiger partial charge in [0.25, 0.3) is 11.5 Å². The number of carbonyl (C=O) groups is 3. The highest BCUT2D eigenvalue weighted by atomic mass is 19.3. The molecule has 0 aliphatic rings. The zero-order chi connectivity index (χ0) is 24.9. The van der Waals surface area contributed by atoms with Crippen LogP contribution in [-0.4, -0.2) is 42.5 Å². The summed E-state index contributed by atoms with van der Waals surface area (Å²) in [6.45, 7) is 5.46. The van der Waals surface area contributed by atoms with Crippen LogP contribution in [0.25, 0.3) is 0 Å². The second kappa shape index (κ2) is 13.9. The number of amides is 1. The van der Waals surface area contributed by atoms with Crippen molar-refractivity contribution in [1.29, 1.82) is 0 Å². The Morgan fingerprint density at radius 3 is 1.79 bits per heavy atom. The summed E-state index contributed by atoms with van der Waals surface area (Å²) in [5.41, 5.74) is -2.03. The summed E-state index contributed by atoms with van der Waals surface area (Å²) in [5, 5.41) is 1.85. The predicted octanol–water partition coefficient (Wildman–Crippen LogP) is 4.77. The third kappa shape index (κ3) is 8.09. The maximum absolute atomic E-state index is 15.6. The molecule has 33 heavy (non-hydrogen) atoms. The van der Waals surface area contributed by atoms with Crippen LogP contribution in [0.1, 0.15) is 77.3 Å². The van der Waals surface area contributed by atoms with E-state index in [1.807, 2.05) is 5.32 Å². The van der Waals surface area contributed by atoms with E-state index >= 15 is 8.78 Å². The van der Waals surface area contributed by atoms with Crippen LogP contribution < -0.4 is 5.32 Å². The van der Waals surface area contributed by atoms with E-state index in [0.717, 1.165) is 31.7 Å². The lowest BCUT2D eigenvalue weighted by Gasteiger charge is -2.36. The van der Waals surface area contributed by atoms with Gasteiger partial charge in [-0.1, -0.05) is 63.3 Å². The smallest absolute Gasteiger partial charge is 0.350 e. The monoisotopic (exact) mass is 469 g/mol. The van der Waals surface area contributed by atoms with Gasteiger partial charge in [-0.05, 0) is 37.8 Å². The average Bonchev–Trinajstić information content (AvgIpc) is 2.75. The van der Waals surface area contributed by atoms with Gasteiger partial charge in [0.05, 0.1) is 13.2 Å². The van der Waals surface area contributed by atoms with Crippen molar-refractivity contribution in [2.75, 3.05) is 13.2 Å². The molecular formula is C25H37F2NO5. The molecule has 0 saturated heterocycles. The summed E-state index contributed by atoms with van der Waals surface area (Å²) < 4.78 is 40.7. The third-order valence-corrected chi connectivity index (χ3v) is 5.34. The molecular weight excluding hydrogens is 432 g/mol. The van der Waals surface area contributed by atoms with E-state index in [2.05, 4.69) is 6.92 Å². The van der Waals surface area contributed by atoms with Crippen LogP contribution in [0.3, 0.4) is 0 Å². The maximum atomic E-state index is 15.6. The number of carbonyl (C=O) groups excluding carboxylic acids is 3. The van der Waals surface area contributed by atoms with E-state index < -0.39 is 35.7 Å². The number of esters is 2. The first-order valence-electron chi connectivity index (χ1n) is 11.7. The standard InChI is InChI=1S/C25H37F2NO5/c1-5-8-9-10-11-12-13-20-14-16-21(17-15-20)18-24(26,27)25(28-19(4)29,22(30)32-6-2)23(31)33-7-3/h14-17H,5-13,18H2,1-4H3,(H,28,29). The second-order valence-corrected chi connectivity index (χ2v) is 8.09. The Morgan fingerprint density at radius 2 is 1.30 bits per heavy atom. The first kappa shape index (κ1) is 28.5. The SMILES string of the molecule is CCCCCCCCc1ccc(CC(F)(F)C(NC(C)=O)(C(=O)OCC)C(=O)OCC)cc1. The number of aryl methyl sites for hydroxylation is 1. The number of ether oxygens (including phenoxy) is 2. The zero-order valence-corrected chi connectivity index (χ0v) is 20.2. The quantitative estimate of drug-likeness (QED) is 0.227. The molecule has 0 atom stereocenters. The second-order valence-electron chi connectivity index (χ2n) is 8.09. The molecule has 1 aromatic carbocycles. The molecule has 0 unspecified atom stereocenters. The highest BCUT2D eigenvalue weighted by Crippen LogP contribution is 2.35. The molecule has 1 aromatic rings. The summed E-state index contributed by atoms with van der Waals surface area (Å²) >= 11 is 0. The number of benzene rings is 1. The molecule has 0 radical (unpaired) electrons. The summed E-state index contributed by atoms with van der Waals surface area (Å²) in [6.07, 6.45) is 6.88. The van der Waals surface area contributed by atoms with Crippen molar-refractivity contribution in [3.8, 4) is 0 Å². The van der Waals surface area contributed by atoms with Crippen molar-refractivity contribution >= 4 is 17.8 Å². The van der Waals surface area contributed by atoms with Gasteiger partial charge in [-0.15, -0.1) is 0 Å². The van der Waals surface area contributed by atoms with E-state index in [4.69, 9.17) is 9.47 Å². The topological polar surface area (TPSA) is 81.7 Å². The van der Waals surface area contributed by atoms with Gasteiger partial charge >= 0.3 is 11.9 Å². The van der Waals surface area contributed by atoms with Gasteiger partial charge in [-0.25, -0.2) is 18.4 Å². The fraction of sp³-hybridized carbons (Fsp3) is 0.640. The lowest BCUT2D eigenvalue weighted by atomic mass is 9.86. The minimum absolute atomic E-state index is 0.218. The predicted molar refractivity (Wildman–Crippen MR) is 122 cm³/mol. The van der Waals surface area contributed by atoms with E-state index in [9.17, 15) is 14.4 Å². The highest BCUT2D eigenvalue weighted by molar-refractivity contribution is 6.09. The van der Waals surface area contributed by atoms with Crippen LogP contribution in [0.15, 0.2) is 24.3 Å². The molecule has 0 heterocycles. The summed E-state index contributed by atoms with van der Waals surface area (Å²) in [5.74, 6) is -8.09. The number of unbranched alkanes of at least 4 members (excludes halogenated alkanes) is 5. The first-order valence-corrected chi connectivity index (χ1v) is 11.7. The lowest BCUT2D eigenvalue weighted by Crippen LogP contribution is -2.71. The number of nitrogens with one attached hydrogen (secondary N) is 1. The Morgan fingerprint density at radius 1 is 0.818 bits per heavy atom. The van der Waals surface area contributed by atoms with Gasteiger partial charge in [0.15, 0.2) is 0 Å². The number of alkyl halides is 2. The third-order valence-electron chi connectivity index (χ3n) is 5.34. The molecule has 1 rings (SSSR count). The Hall–Kier alpha value is -2.51. The Bertz CT molecular complexity index is 747. The van der Waals surface area contributed by atoms with Gasteiger partial charge in [0.1, 0.15) is 0 Å². The molecule has 6 nitrogen and oxygen atoms in total.